The fourth-order valence-electron chi connectivity index (χ4n) is 4.34. The van der Waals surface area contributed by atoms with Crippen LogP contribution in [0.2, 0.25) is 0 Å². The lowest BCUT2D eigenvalue weighted by atomic mass is 9.70. The Morgan fingerprint density at radius 3 is 2.77 bits per heavy atom. The quantitative estimate of drug-likeness (QED) is 0.632. The number of fused-ring (bicyclic) bond motifs is 1. The fraction of sp³-hybridized carbons (Fsp3) is 0.591. The average molecular weight is 430 g/mol. The smallest absolute Gasteiger partial charge is 0.241 e. The molecule has 2 fully saturated rings. The molecule has 0 radical (unpaired) electrons. The van der Waals surface area contributed by atoms with Gasteiger partial charge in [-0.15, -0.1) is 11.3 Å². The molecule has 162 valence electrons. The molecule has 2 aromatic heterocycles. The summed E-state index contributed by atoms with van der Waals surface area (Å²) in [5.74, 6) is -0.0185. The van der Waals surface area contributed by atoms with E-state index in [2.05, 4.69) is 23.7 Å². The molecule has 1 amide bonds. The third kappa shape index (κ3) is 4.36. The first kappa shape index (κ1) is 21.2. The summed E-state index contributed by atoms with van der Waals surface area (Å²) in [6.45, 7) is 7.76. The molecule has 3 N–H and O–H groups in total. The van der Waals surface area contributed by atoms with Crippen LogP contribution in [0.3, 0.4) is 0 Å². The number of hydrogen-bond donors (Lipinski definition) is 3. The number of ether oxygens (including phenoxy) is 1. The summed E-state index contributed by atoms with van der Waals surface area (Å²) >= 11 is 1.56. The molecular weight excluding hydrogens is 398 g/mol. The van der Waals surface area contributed by atoms with Crippen LogP contribution in [-0.2, 0) is 9.53 Å². The van der Waals surface area contributed by atoms with Crippen LogP contribution < -0.4 is 4.90 Å². The van der Waals surface area contributed by atoms with Crippen LogP contribution in [-0.4, -0.2) is 67.1 Å². The normalized spacial score (nSPS) is 22.4. The van der Waals surface area contributed by atoms with Gasteiger partial charge in [0.1, 0.15) is 5.00 Å². The van der Waals surface area contributed by atoms with Gasteiger partial charge in [-0.3, -0.25) is 9.69 Å². The molecule has 1 atom stereocenters. The van der Waals surface area contributed by atoms with Gasteiger partial charge in [0, 0.05) is 31.8 Å². The van der Waals surface area contributed by atoms with Crippen molar-refractivity contribution in [3.8, 4) is 0 Å². The summed E-state index contributed by atoms with van der Waals surface area (Å²) in [6.07, 6.45) is 2.66. The van der Waals surface area contributed by atoms with Gasteiger partial charge >= 0.3 is 0 Å². The minimum absolute atomic E-state index is 0.0760. The number of likely N-dealkylation sites (N-methyl/N-ethyl adjacent to an activating group) is 1. The summed E-state index contributed by atoms with van der Waals surface area (Å²) < 4.78 is 6.39. The molecule has 0 aromatic carbocycles. The van der Waals surface area contributed by atoms with E-state index in [9.17, 15) is 4.79 Å². The molecule has 2 aromatic rings. The monoisotopic (exact) mass is 429 g/mol. The Balaban J connectivity index is 1.44. The van der Waals surface area contributed by atoms with E-state index in [0.29, 0.717) is 31.2 Å². The highest BCUT2D eigenvalue weighted by atomic mass is 32.1. The van der Waals surface area contributed by atoms with E-state index in [1.807, 2.05) is 19.2 Å². The molecule has 1 aliphatic heterocycles. The molecule has 2 aliphatic rings. The summed E-state index contributed by atoms with van der Waals surface area (Å²) in [4.78, 5) is 19.9. The molecule has 1 saturated carbocycles. The Hall–Kier alpha value is -2.03. The minimum atomic E-state index is -0.0944. The number of carbonyl (C=O) groups is 1. The number of nitrogens with one attached hydrogen (secondary N) is 3. The largest absolute Gasteiger partial charge is 0.379 e. The van der Waals surface area contributed by atoms with Gasteiger partial charge in [0.15, 0.2) is 0 Å². The third-order valence-corrected chi connectivity index (χ3v) is 7.46. The number of morpholine rings is 1. The zero-order chi connectivity index (χ0) is 21.5. The third-order valence-electron chi connectivity index (χ3n) is 6.30. The first-order valence-corrected chi connectivity index (χ1v) is 11.4. The molecular formula is C22H31N5O2S. The lowest BCUT2D eigenvalue weighted by Gasteiger charge is -2.35. The van der Waals surface area contributed by atoms with Crippen molar-refractivity contribution in [3.05, 3.63) is 17.8 Å². The highest BCUT2D eigenvalue weighted by molar-refractivity contribution is 7.23. The van der Waals surface area contributed by atoms with E-state index >= 15 is 0 Å². The van der Waals surface area contributed by atoms with Gasteiger partial charge in [0.2, 0.25) is 5.91 Å². The Labute approximate surface area is 181 Å². The predicted octanol–water partition coefficient (Wildman–Crippen LogP) is 3.74. The molecule has 0 bridgehead atoms. The van der Waals surface area contributed by atoms with Gasteiger partial charge in [-0.05, 0) is 36.8 Å². The minimum Gasteiger partial charge on any atom is -0.379 e. The van der Waals surface area contributed by atoms with Crippen LogP contribution in [0.4, 0.5) is 5.00 Å². The molecule has 3 heterocycles. The summed E-state index contributed by atoms with van der Waals surface area (Å²) in [5.41, 5.74) is 3.08. The average Bonchev–Trinajstić information content (AvgIpc) is 3.26. The summed E-state index contributed by atoms with van der Waals surface area (Å²) in [7, 11) is 1.82. The van der Waals surface area contributed by atoms with E-state index < -0.39 is 0 Å². The number of amides is 1. The van der Waals surface area contributed by atoms with Crippen molar-refractivity contribution in [1.82, 2.24) is 9.88 Å². The van der Waals surface area contributed by atoms with Gasteiger partial charge in [-0.1, -0.05) is 13.8 Å². The van der Waals surface area contributed by atoms with Crippen LogP contribution in [0.15, 0.2) is 12.1 Å². The molecule has 1 aliphatic carbocycles. The zero-order valence-electron chi connectivity index (χ0n) is 18.0. The maximum atomic E-state index is 12.7. The van der Waals surface area contributed by atoms with Crippen LogP contribution in [0.5, 0.6) is 0 Å². The first-order valence-electron chi connectivity index (χ1n) is 10.6. The summed E-state index contributed by atoms with van der Waals surface area (Å²) in [6, 6.07) is 3.99. The highest BCUT2D eigenvalue weighted by Crippen LogP contribution is 2.38. The number of anilines is 1. The number of H-pyrrole nitrogens is 1. The van der Waals surface area contributed by atoms with Crippen molar-refractivity contribution >= 4 is 43.9 Å². The number of carbonyl (C=O) groups excluding carboxylic acids is 1. The number of aromatic nitrogens is 1. The Morgan fingerprint density at radius 2 is 2.10 bits per heavy atom. The van der Waals surface area contributed by atoms with Gasteiger partial charge in [0.05, 0.1) is 41.4 Å². The lowest BCUT2D eigenvalue weighted by Crippen LogP contribution is -2.43. The molecule has 30 heavy (non-hydrogen) atoms. The number of rotatable bonds is 5. The number of nitrogens with zero attached hydrogens (tertiary/aromatic N) is 2. The van der Waals surface area contributed by atoms with Gasteiger partial charge in [-0.25, -0.2) is 0 Å². The van der Waals surface area contributed by atoms with E-state index in [-0.39, 0.29) is 17.2 Å². The molecule has 7 nitrogen and oxygen atoms in total. The summed E-state index contributed by atoms with van der Waals surface area (Å²) in [5, 5.41) is 18.0. The SMILES string of the molecule is CN(C(=O)CN1CCOCC1)c1cc2[nH]c(C(=N)C3CCC(C)(C)CC3=N)cc2s1. The van der Waals surface area contributed by atoms with Gasteiger partial charge in [0.25, 0.3) is 0 Å². The molecule has 4 rings (SSSR count). The Kier molecular flexibility index (Phi) is 5.83. The molecule has 1 saturated heterocycles. The van der Waals surface area contributed by atoms with Crippen molar-refractivity contribution in [2.75, 3.05) is 44.8 Å². The molecule has 8 heteroatoms. The van der Waals surface area contributed by atoms with Crippen LogP contribution >= 0.6 is 11.3 Å². The van der Waals surface area contributed by atoms with E-state index in [0.717, 1.165) is 53.3 Å². The maximum Gasteiger partial charge on any atom is 0.241 e. The fourth-order valence-corrected chi connectivity index (χ4v) is 5.38. The molecule has 1 unspecified atom stereocenters. The van der Waals surface area contributed by atoms with Crippen molar-refractivity contribution < 1.29 is 9.53 Å². The topological polar surface area (TPSA) is 96.3 Å². The second-order valence-corrected chi connectivity index (χ2v) is 10.3. The van der Waals surface area contributed by atoms with Crippen LogP contribution in [0, 0.1) is 22.2 Å². The van der Waals surface area contributed by atoms with Gasteiger partial charge < -0.3 is 25.4 Å². The number of thiophene rings is 1. The number of hydrogen-bond acceptors (Lipinski definition) is 6. The zero-order valence-corrected chi connectivity index (χ0v) is 18.8. The first-order chi connectivity index (χ1) is 14.2. The second kappa shape index (κ2) is 8.24. The van der Waals surface area contributed by atoms with Crippen molar-refractivity contribution in [2.24, 2.45) is 11.3 Å². The standard InChI is InChI=1S/C22H31N5O2S/c1-22(2)5-4-14(15(23)12-22)21(24)17-10-18-16(25-17)11-20(30-18)26(3)19(28)13-27-6-8-29-9-7-27/h10-11,14,23-25H,4-9,12-13H2,1-3H3. The lowest BCUT2D eigenvalue weighted by molar-refractivity contribution is -0.120. The number of aromatic amines is 1. The Morgan fingerprint density at radius 1 is 1.37 bits per heavy atom. The van der Waals surface area contributed by atoms with Crippen LogP contribution in [0.25, 0.3) is 10.2 Å². The highest BCUT2D eigenvalue weighted by Gasteiger charge is 2.34. The van der Waals surface area contributed by atoms with Crippen molar-refractivity contribution in [1.29, 1.82) is 10.8 Å². The maximum absolute atomic E-state index is 12.7. The van der Waals surface area contributed by atoms with Crippen molar-refractivity contribution in [2.45, 2.75) is 33.1 Å². The predicted molar refractivity (Wildman–Crippen MR) is 123 cm³/mol. The van der Waals surface area contributed by atoms with E-state index in [4.69, 9.17) is 15.6 Å². The Bertz CT molecular complexity index is 938. The van der Waals surface area contributed by atoms with Crippen molar-refractivity contribution in [3.63, 3.8) is 0 Å². The van der Waals surface area contributed by atoms with E-state index in [1.54, 1.807) is 16.2 Å². The van der Waals surface area contributed by atoms with E-state index in [1.165, 1.54) is 0 Å². The van der Waals surface area contributed by atoms with Crippen LogP contribution in [0.1, 0.15) is 38.8 Å². The second-order valence-electron chi connectivity index (χ2n) is 9.26. The molecule has 0 spiro atoms. The van der Waals surface area contributed by atoms with Gasteiger partial charge in [-0.2, -0.15) is 0 Å².